The molecule has 0 bridgehead atoms. The summed E-state index contributed by atoms with van der Waals surface area (Å²) in [5.41, 5.74) is 5.59. The lowest BCUT2D eigenvalue weighted by Gasteiger charge is -2.39. The average Bonchev–Trinajstić information content (AvgIpc) is 2.69. The van der Waals surface area contributed by atoms with E-state index in [1.165, 1.54) is 16.8 Å². The first-order valence-electron chi connectivity index (χ1n) is 11.9. The highest BCUT2D eigenvalue weighted by atomic mass is 16.3. The number of rotatable bonds is 4. The first-order chi connectivity index (χ1) is 14.8. The molecule has 4 heteroatoms. The molecule has 1 aliphatic rings. The molecule has 2 aromatic rings. The number of nitrogens with zero attached hydrogens (tertiary/aromatic N) is 3. The molecule has 32 heavy (non-hydrogen) atoms. The molecule has 4 nitrogen and oxygen atoms in total. The van der Waals surface area contributed by atoms with Crippen LogP contribution in [0.25, 0.3) is 0 Å². The van der Waals surface area contributed by atoms with Gasteiger partial charge in [-0.1, -0.05) is 53.7 Å². The summed E-state index contributed by atoms with van der Waals surface area (Å²) in [6.45, 7) is 17.4. The second-order valence-corrected chi connectivity index (χ2v) is 11.7. The fraction of sp³-hybridized carbons (Fsp3) is 0.571. The molecule has 0 aliphatic carbocycles. The van der Waals surface area contributed by atoms with Gasteiger partial charge in [-0.15, -0.1) is 0 Å². The van der Waals surface area contributed by atoms with Crippen molar-refractivity contribution in [1.82, 2.24) is 9.80 Å². The molecule has 1 fully saturated rings. The largest absolute Gasteiger partial charge is 0.507 e. The fourth-order valence-corrected chi connectivity index (χ4v) is 4.61. The summed E-state index contributed by atoms with van der Waals surface area (Å²) in [5, 5.41) is 11.3. The Bertz CT molecular complexity index is 876. The van der Waals surface area contributed by atoms with Crippen molar-refractivity contribution in [2.24, 2.45) is 0 Å². The van der Waals surface area contributed by atoms with Crippen LogP contribution in [0.4, 0.5) is 5.69 Å². The zero-order valence-corrected chi connectivity index (χ0v) is 21.7. The normalized spacial score (nSPS) is 17.4. The molecule has 1 saturated heterocycles. The Morgan fingerprint density at radius 2 is 1.25 bits per heavy atom. The molecule has 0 unspecified atom stereocenters. The summed E-state index contributed by atoms with van der Waals surface area (Å²) in [4.78, 5) is 7.15. The number of piperazine rings is 1. The van der Waals surface area contributed by atoms with Gasteiger partial charge in [-0.3, -0.25) is 4.90 Å². The monoisotopic (exact) mass is 437 g/mol. The van der Waals surface area contributed by atoms with Gasteiger partial charge in [0.1, 0.15) is 5.75 Å². The van der Waals surface area contributed by atoms with E-state index in [-0.39, 0.29) is 16.9 Å². The number of aromatic hydroxyl groups is 1. The third-order valence-electron chi connectivity index (χ3n) is 6.69. The van der Waals surface area contributed by atoms with Gasteiger partial charge in [0, 0.05) is 46.0 Å². The molecule has 3 rings (SSSR count). The van der Waals surface area contributed by atoms with Crippen LogP contribution in [0, 0.1) is 0 Å². The van der Waals surface area contributed by atoms with Crippen LogP contribution in [0.1, 0.15) is 69.8 Å². The molecule has 0 aromatic heterocycles. The van der Waals surface area contributed by atoms with Gasteiger partial charge in [-0.25, -0.2) is 0 Å². The van der Waals surface area contributed by atoms with Crippen molar-refractivity contribution < 1.29 is 5.11 Å². The van der Waals surface area contributed by atoms with Crippen LogP contribution in [0.3, 0.4) is 0 Å². The van der Waals surface area contributed by atoms with Crippen molar-refractivity contribution in [1.29, 1.82) is 0 Å². The van der Waals surface area contributed by atoms with Crippen LogP contribution in [-0.4, -0.2) is 62.2 Å². The molecule has 176 valence electrons. The molecule has 0 spiro atoms. The Labute approximate surface area is 195 Å². The lowest BCUT2D eigenvalue weighted by atomic mass is 9.77. The summed E-state index contributed by atoms with van der Waals surface area (Å²) in [6.07, 6.45) is 0. The zero-order chi connectivity index (χ0) is 23.8. The maximum Gasteiger partial charge on any atom is 0.123 e. The van der Waals surface area contributed by atoms with Gasteiger partial charge >= 0.3 is 0 Å². The van der Waals surface area contributed by atoms with E-state index >= 15 is 0 Å². The van der Waals surface area contributed by atoms with Gasteiger partial charge in [0.2, 0.25) is 0 Å². The highest BCUT2D eigenvalue weighted by Gasteiger charge is 2.31. The van der Waals surface area contributed by atoms with Crippen molar-refractivity contribution in [2.45, 2.75) is 58.4 Å². The Kier molecular flexibility index (Phi) is 6.97. The van der Waals surface area contributed by atoms with E-state index in [0.29, 0.717) is 5.75 Å². The summed E-state index contributed by atoms with van der Waals surface area (Å²) >= 11 is 0. The van der Waals surface area contributed by atoms with E-state index in [0.717, 1.165) is 37.3 Å². The van der Waals surface area contributed by atoms with Gasteiger partial charge in [0.25, 0.3) is 0 Å². The van der Waals surface area contributed by atoms with Crippen LogP contribution >= 0.6 is 0 Å². The third-order valence-corrected chi connectivity index (χ3v) is 6.69. The number of anilines is 1. The standard InChI is InChI=1S/C28H43N3O/c1-27(2,3)23-18-21(19-24(26(23)32)28(4,5)6)25(31-16-14-30(9)15-17-31)20-10-12-22(13-11-20)29(7)8/h10-13,18-19,25,32H,14-17H2,1-9H3/t25-/m0/s1. The summed E-state index contributed by atoms with van der Waals surface area (Å²) in [6, 6.07) is 13.7. The number of phenols is 1. The van der Waals surface area contributed by atoms with Crippen molar-refractivity contribution in [3.63, 3.8) is 0 Å². The van der Waals surface area contributed by atoms with Crippen LogP contribution in [0.15, 0.2) is 36.4 Å². The van der Waals surface area contributed by atoms with Crippen molar-refractivity contribution in [2.75, 3.05) is 52.2 Å². The maximum atomic E-state index is 11.3. The van der Waals surface area contributed by atoms with E-state index in [1.807, 2.05) is 0 Å². The molecule has 1 aliphatic heterocycles. The lowest BCUT2D eigenvalue weighted by molar-refractivity contribution is 0.127. The Hall–Kier alpha value is -2.04. The number of phenolic OH excluding ortho intramolecular Hbond substituents is 1. The van der Waals surface area contributed by atoms with Gasteiger partial charge in [-0.2, -0.15) is 0 Å². The number of likely N-dealkylation sites (N-methyl/N-ethyl adjacent to an activating group) is 1. The smallest absolute Gasteiger partial charge is 0.123 e. The minimum Gasteiger partial charge on any atom is -0.507 e. The molecule has 1 N–H and O–H groups in total. The van der Waals surface area contributed by atoms with Crippen LogP contribution in [0.2, 0.25) is 0 Å². The van der Waals surface area contributed by atoms with Gasteiger partial charge in [0.05, 0.1) is 6.04 Å². The zero-order valence-electron chi connectivity index (χ0n) is 21.7. The summed E-state index contributed by atoms with van der Waals surface area (Å²) in [5.74, 6) is 0.453. The number of hydrogen-bond donors (Lipinski definition) is 1. The van der Waals surface area contributed by atoms with Gasteiger partial charge in [0.15, 0.2) is 0 Å². The van der Waals surface area contributed by atoms with E-state index in [1.54, 1.807) is 0 Å². The second kappa shape index (κ2) is 9.07. The van der Waals surface area contributed by atoms with Crippen molar-refractivity contribution in [3.8, 4) is 5.75 Å². The predicted octanol–water partition coefficient (Wildman–Crippen LogP) is 5.39. The first-order valence-corrected chi connectivity index (χ1v) is 11.9. The lowest BCUT2D eigenvalue weighted by Crippen LogP contribution is -2.46. The highest BCUT2D eigenvalue weighted by molar-refractivity contribution is 5.53. The van der Waals surface area contributed by atoms with Crippen LogP contribution < -0.4 is 4.90 Å². The molecule has 2 aromatic carbocycles. The predicted molar refractivity (Wildman–Crippen MR) is 137 cm³/mol. The SMILES string of the molecule is CN1CCN([C@@H](c2ccc(N(C)C)cc2)c2cc(C(C)(C)C)c(O)c(C(C)(C)C)c2)CC1. The Balaban J connectivity index is 2.19. The molecule has 0 saturated carbocycles. The molecule has 1 heterocycles. The Morgan fingerprint density at radius 3 is 1.66 bits per heavy atom. The second-order valence-electron chi connectivity index (χ2n) is 11.7. The number of hydrogen-bond acceptors (Lipinski definition) is 4. The first kappa shape index (κ1) is 24.6. The minimum absolute atomic E-state index is 0.137. The summed E-state index contributed by atoms with van der Waals surface area (Å²) < 4.78 is 0. The van der Waals surface area contributed by atoms with Crippen LogP contribution in [0.5, 0.6) is 5.75 Å². The van der Waals surface area contributed by atoms with E-state index < -0.39 is 0 Å². The Morgan fingerprint density at radius 1 is 0.781 bits per heavy atom. The van der Waals surface area contributed by atoms with Gasteiger partial charge in [-0.05, 0) is 64.4 Å². The molecular weight excluding hydrogens is 394 g/mol. The van der Waals surface area contributed by atoms with Crippen molar-refractivity contribution in [3.05, 3.63) is 58.7 Å². The van der Waals surface area contributed by atoms with Crippen molar-refractivity contribution >= 4 is 5.69 Å². The van der Waals surface area contributed by atoms with E-state index in [4.69, 9.17) is 0 Å². The minimum atomic E-state index is -0.137. The number of benzene rings is 2. The maximum absolute atomic E-state index is 11.3. The fourth-order valence-electron chi connectivity index (χ4n) is 4.61. The topological polar surface area (TPSA) is 30.0 Å². The third kappa shape index (κ3) is 5.29. The quantitative estimate of drug-likeness (QED) is 0.695. The highest BCUT2D eigenvalue weighted by Crippen LogP contribution is 2.43. The molecule has 0 radical (unpaired) electrons. The van der Waals surface area contributed by atoms with E-state index in [9.17, 15) is 5.11 Å². The molecular formula is C28H43N3O. The van der Waals surface area contributed by atoms with Gasteiger partial charge < -0.3 is 14.9 Å². The summed E-state index contributed by atoms with van der Waals surface area (Å²) in [7, 11) is 6.37. The van der Waals surface area contributed by atoms with E-state index in [2.05, 4.69) is 114 Å². The van der Waals surface area contributed by atoms with Crippen LogP contribution in [-0.2, 0) is 10.8 Å². The molecule has 0 amide bonds. The average molecular weight is 438 g/mol. The molecule has 1 atom stereocenters.